The van der Waals surface area contributed by atoms with Crippen LogP contribution in [-0.4, -0.2) is 39.7 Å². The molecule has 0 fully saturated rings. The molecule has 0 aliphatic heterocycles. The molecule has 4 rings (SSSR count). The van der Waals surface area contributed by atoms with E-state index in [2.05, 4.69) is 10.6 Å². The fourth-order valence-electron chi connectivity index (χ4n) is 4.20. The Labute approximate surface area is 238 Å². The van der Waals surface area contributed by atoms with E-state index in [-0.39, 0.29) is 12.5 Å². The number of hydrogen-bond acceptors (Lipinski definition) is 3. The second kappa shape index (κ2) is 12.8. The third-order valence-corrected chi connectivity index (χ3v) is 6.78. The molecule has 2 N–H and O–H groups in total. The Balaban J connectivity index is 1.62. The first-order valence-corrected chi connectivity index (χ1v) is 13.5. The molecule has 1 aromatic heterocycles. The Kier molecular flexibility index (Phi) is 9.28. The maximum atomic E-state index is 13.5. The van der Waals surface area contributed by atoms with E-state index in [4.69, 9.17) is 28.3 Å². The van der Waals surface area contributed by atoms with Crippen molar-refractivity contribution < 1.29 is 9.59 Å². The molecule has 202 valence electrons. The van der Waals surface area contributed by atoms with Crippen LogP contribution in [0.25, 0.3) is 16.8 Å². The number of aryl methyl sites for hydroxylation is 2. The zero-order chi connectivity index (χ0) is 27.9. The number of carbonyl (C=O) groups excluding carboxylic acids is 2. The van der Waals surface area contributed by atoms with Crippen molar-refractivity contribution in [1.82, 2.24) is 14.7 Å². The number of carbonyl (C=O) groups is 2. The van der Waals surface area contributed by atoms with E-state index in [0.29, 0.717) is 28.1 Å². The van der Waals surface area contributed by atoms with Crippen molar-refractivity contribution in [3.8, 4) is 16.8 Å². The van der Waals surface area contributed by atoms with Crippen LogP contribution in [0.4, 0.5) is 16.3 Å². The summed E-state index contributed by atoms with van der Waals surface area (Å²) < 4.78 is 1.74. The molecule has 0 atom stereocenters. The van der Waals surface area contributed by atoms with Gasteiger partial charge in [0.2, 0.25) is 5.91 Å². The molecule has 0 bridgehead atoms. The highest BCUT2D eigenvalue weighted by molar-refractivity contribution is 6.36. The van der Waals surface area contributed by atoms with Crippen LogP contribution in [0, 0.1) is 13.8 Å². The monoisotopic (exact) mass is 563 g/mol. The Morgan fingerprint density at radius 3 is 2.33 bits per heavy atom. The van der Waals surface area contributed by atoms with E-state index in [1.165, 1.54) is 4.90 Å². The molecule has 0 aliphatic carbocycles. The highest BCUT2D eigenvalue weighted by Gasteiger charge is 2.23. The Morgan fingerprint density at radius 1 is 0.949 bits per heavy atom. The summed E-state index contributed by atoms with van der Waals surface area (Å²) in [5, 5.41) is 11.4. The van der Waals surface area contributed by atoms with E-state index in [1.54, 1.807) is 22.9 Å². The normalized spacial score (nSPS) is 10.8. The van der Waals surface area contributed by atoms with Crippen molar-refractivity contribution in [3.63, 3.8) is 0 Å². The van der Waals surface area contributed by atoms with Crippen molar-refractivity contribution in [2.45, 2.75) is 33.6 Å². The van der Waals surface area contributed by atoms with Gasteiger partial charge < -0.3 is 15.5 Å². The van der Waals surface area contributed by atoms with Crippen molar-refractivity contribution in [2.24, 2.45) is 0 Å². The smallest absolute Gasteiger partial charge is 0.315 e. The van der Waals surface area contributed by atoms with Gasteiger partial charge in [-0.3, -0.25) is 4.79 Å². The summed E-state index contributed by atoms with van der Waals surface area (Å²) in [6, 6.07) is 22.1. The second-order valence-corrected chi connectivity index (χ2v) is 10.1. The van der Waals surface area contributed by atoms with E-state index in [0.717, 1.165) is 40.9 Å². The van der Waals surface area contributed by atoms with Gasteiger partial charge in [-0.05, 0) is 56.2 Å². The van der Waals surface area contributed by atoms with Gasteiger partial charge in [0, 0.05) is 17.1 Å². The number of benzene rings is 3. The third-order valence-electron chi connectivity index (χ3n) is 6.24. The largest absolute Gasteiger partial charge is 0.322 e. The molecule has 1 heterocycles. The molecule has 39 heavy (non-hydrogen) atoms. The number of aromatic nitrogens is 2. The molecule has 0 saturated carbocycles. The van der Waals surface area contributed by atoms with Gasteiger partial charge in [0.15, 0.2) is 0 Å². The minimum absolute atomic E-state index is 0.149. The lowest BCUT2D eigenvalue weighted by molar-refractivity contribution is -0.116. The molecule has 0 unspecified atom stereocenters. The SMILES string of the molecule is CCCCN(CC(=O)Nc1c(-c2ccccc2)c(C)nn1-c1ccc(C)cc1)C(=O)Nc1ccc(Cl)cc1Cl. The number of amides is 3. The van der Waals surface area contributed by atoms with Gasteiger partial charge in [-0.25, -0.2) is 9.48 Å². The molecule has 9 heteroatoms. The van der Waals surface area contributed by atoms with Crippen LogP contribution in [0.3, 0.4) is 0 Å². The highest BCUT2D eigenvalue weighted by Crippen LogP contribution is 2.33. The van der Waals surface area contributed by atoms with Gasteiger partial charge in [0.1, 0.15) is 12.4 Å². The van der Waals surface area contributed by atoms with Crippen LogP contribution in [0.15, 0.2) is 72.8 Å². The fraction of sp³-hybridized carbons (Fsp3) is 0.233. The Bertz CT molecular complexity index is 1450. The molecule has 0 spiro atoms. The zero-order valence-electron chi connectivity index (χ0n) is 22.2. The number of rotatable bonds is 9. The van der Waals surface area contributed by atoms with Gasteiger partial charge in [-0.2, -0.15) is 5.10 Å². The lowest BCUT2D eigenvalue weighted by Crippen LogP contribution is -2.41. The average molecular weight is 565 g/mol. The molecule has 3 aromatic carbocycles. The van der Waals surface area contributed by atoms with Crippen molar-refractivity contribution in [1.29, 1.82) is 0 Å². The van der Waals surface area contributed by atoms with E-state index >= 15 is 0 Å². The second-order valence-electron chi connectivity index (χ2n) is 9.30. The molecule has 3 amide bonds. The molecular formula is C30H31Cl2N5O2. The van der Waals surface area contributed by atoms with Crippen LogP contribution in [0.2, 0.25) is 10.0 Å². The zero-order valence-corrected chi connectivity index (χ0v) is 23.7. The fourth-order valence-corrected chi connectivity index (χ4v) is 4.65. The van der Waals surface area contributed by atoms with Crippen molar-refractivity contribution in [2.75, 3.05) is 23.7 Å². The predicted octanol–water partition coefficient (Wildman–Crippen LogP) is 7.74. The molecule has 4 aromatic rings. The number of unbranched alkanes of at least 4 members (excludes halogenated alkanes) is 1. The number of hydrogen-bond donors (Lipinski definition) is 2. The first-order chi connectivity index (χ1) is 18.8. The lowest BCUT2D eigenvalue weighted by Gasteiger charge is -2.23. The van der Waals surface area contributed by atoms with Crippen LogP contribution < -0.4 is 10.6 Å². The van der Waals surface area contributed by atoms with E-state index < -0.39 is 6.03 Å². The number of nitrogens with zero attached hydrogens (tertiary/aromatic N) is 3. The third kappa shape index (κ3) is 6.99. The maximum absolute atomic E-state index is 13.5. The summed E-state index contributed by atoms with van der Waals surface area (Å²) in [5.41, 5.74) is 4.89. The van der Waals surface area contributed by atoms with Crippen LogP contribution in [0.1, 0.15) is 31.0 Å². The Hall–Kier alpha value is -3.81. The molecule has 0 aliphatic rings. The molecule has 7 nitrogen and oxygen atoms in total. The lowest BCUT2D eigenvalue weighted by atomic mass is 10.1. The van der Waals surface area contributed by atoms with Gasteiger partial charge in [-0.1, -0.05) is 84.6 Å². The summed E-state index contributed by atoms with van der Waals surface area (Å²) in [6.45, 7) is 6.22. The summed E-state index contributed by atoms with van der Waals surface area (Å²) in [5.74, 6) is 0.207. The van der Waals surface area contributed by atoms with Crippen molar-refractivity contribution >= 4 is 46.6 Å². The molecule has 0 radical (unpaired) electrons. The van der Waals surface area contributed by atoms with E-state index in [9.17, 15) is 9.59 Å². The maximum Gasteiger partial charge on any atom is 0.322 e. The van der Waals surface area contributed by atoms with Crippen LogP contribution in [-0.2, 0) is 4.79 Å². The Morgan fingerprint density at radius 2 is 1.67 bits per heavy atom. The van der Waals surface area contributed by atoms with Gasteiger partial charge in [0.25, 0.3) is 0 Å². The minimum atomic E-state index is -0.422. The average Bonchev–Trinajstić information content (AvgIpc) is 3.24. The predicted molar refractivity (Wildman–Crippen MR) is 159 cm³/mol. The summed E-state index contributed by atoms with van der Waals surface area (Å²) in [4.78, 5) is 28.1. The molecule has 0 saturated heterocycles. The van der Waals surface area contributed by atoms with Gasteiger partial charge >= 0.3 is 6.03 Å². The minimum Gasteiger partial charge on any atom is -0.315 e. The number of anilines is 2. The quantitative estimate of drug-likeness (QED) is 0.218. The topological polar surface area (TPSA) is 79.3 Å². The number of halogens is 2. The number of nitrogens with one attached hydrogen (secondary N) is 2. The van der Waals surface area contributed by atoms with E-state index in [1.807, 2.05) is 75.4 Å². The summed E-state index contributed by atoms with van der Waals surface area (Å²) >= 11 is 12.2. The van der Waals surface area contributed by atoms with Crippen LogP contribution >= 0.6 is 23.2 Å². The van der Waals surface area contributed by atoms with Gasteiger partial charge in [-0.15, -0.1) is 0 Å². The highest BCUT2D eigenvalue weighted by atomic mass is 35.5. The molecular weight excluding hydrogens is 533 g/mol. The summed E-state index contributed by atoms with van der Waals surface area (Å²) in [6.07, 6.45) is 1.61. The number of urea groups is 1. The van der Waals surface area contributed by atoms with Gasteiger partial charge in [0.05, 0.1) is 22.1 Å². The van der Waals surface area contributed by atoms with Crippen LogP contribution in [0.5, 0.6) is 0 Å². The van der Waals surface area contributed by atoms with Crippen molar-refractivity contribution in [3.05, 3.63) is 94.1 Å². The first kappa shape index (κ1) is 28.2. The standard InChI is InChI=1S/C30H31Cl2N5O2/c1-4-5-17-36(30(39)33-26-16-13-23(31)18-25(26)32)19-27(38)34-29-28(22-9-7-6-8-10-22)21(3)35-37(29)24-14-11-20(2)12-15-24/h6-16,18H,4-5,17,19H2,1-3H3,(H,33,39)(H,34,38). The summed E-state index contributed by atoms with van der Waals surface area (Å²) in [7, 11) is 0. The first-order valence-electron chi connectivity index (χ1n) is 12.8.